The van der Waals surface area contributed by atoms with Crippen LogP contribution in [0.15, 0.2) is 30.5 Å². The van der Waals surface area contributed by atoms with Crippen molar-refractivity contribution >= 4 is 46.5 Å². The van der Waals surface area contributed by atoms with E-state index in [1.807, 2.05) is 38.1 Å². The number of carbonyl (C=O) groups excluding carboxylic acids is 4. The fourth-order valence-electron chi connectivity index (χ4n) is 5.24. The van der Waals surface area contributed by atoms with E-state index < -0.39 is 78.1 Å². The number of fused-ring (bicyclic) bond motifs is 1. The van der Waals surface area contributed by atoms with Crippen molar-refractivity contribution in [2.45, 2.75) is 103 Å². The minimum atomic E-state index is -1.71. The van der Waals surface area contributed by atoms with Crippen molar-refractivity contribution in [3.05, 3.63) is 36.0 Å². The molecule has 48 heavy (non-hydrogen) atoms. The van der Waals surface area contributed by atoms with E-state index in [1.54, 1.807) is 20.0 Å². The van der Waals surface area contributed by atoms with Gasteiger partial charge in [-0.15, -0.1) is 0 Å². The number of aromatic nitrogens is 1. The zero-order valence-electron chi connectivity index (χ0n) is 28.1. The minimum Gasteiger partial charge on any atom is -0.481 e. The molecule has 1 aromatic carbocycles. The average Bonchev–Trinajstić information content (AvgIpc) is 3.43. The highest BCUT2D eigenvalue weighted by molar-refractivity contribution is 5.96. The lowest BCUT2D eigenvalue weighted by atomic mass is 9.96. The van der Waals surface area contributed by atoms with E-state index in [4.69, 9.17) is 16.6 Å². The number of nitrogens with two attached hydrogens (primary N) is 2. The van der Waals surface area contributed by atoms with Crippen molar-refractivity contribution in [2.75, 3.05) is 6.54 Å². The molecule has 2 aromatic rings. The second-order valence-electron chi connectivity index (χ2n) is 12.6. The summed E-state index contributed by atoms with van der Waals surface area (Å²) in [5, 5.41) is 29.7. The number of aromatic amines is 1. The van der Waals surface area contributed by atoms with E-state index in [9.17, 15) is 33.9 Å². The van der Waals surface area contributed by atoms with Crippen molar-refractivity contribution in [1.29, 1.82) is 0 Å². The van der Waals surface area contributed by atoms with Gasteiger partial charge in [0.25, 0.3) is 0 Å². The summed E-state index contributed by atoms with van der Waals surface area (Å²) in [7, 11) is 0. The lowest BCUT2D eigenvalue weighted by molar-refractivity contribution is -0.147. The lowest BCUT2D eigenvalue weighted by Gasteiger charge is -2.29. The predicted octanol–water partition coefficient (Wildman–Crippen LogP) is 0.757. The van der Waals surface area contributed by atoms with Gasteiger partial charge in [-0.05, 0) is 62.1 Å². The van der Waals surface area contributed by atoms with Crippen molar-refractivity contribution in [1.82, 2.24) is 26.3 Å². The van der Waals surface area contributed by atoms with Crippen molar-refractivity contribution in [3.63, 3.8) is 0 Å². The number of H-pyrrole nitrogens is 1. The fourth-order valence-corrected chi connectivity index (χ4v) is 5.24. The van der Waals surface area contributed by atoms with Crippen LogP contribution in [0.5, 0.6) is 0 Å². The lowest BCUT2D eigenvalue weighted by Crippen LogP contribution is -2.59. The molecular formula is C33H51N7O8. The molecule has 0 unspecified atom stereocenters. The Hall–Kier alpha value is -4.50. The van der Waals surface area contributed by atoms with E-state index in [0.29, 0.717) is 25.8 Å². The van der Waals surface area contributed by atoms with Crippen molar-refractivity contribution < 1.29 is 39.0 Å². The maximum Gasteiger partial charge on any atom is 0.326 e. The number of nitrogens with one attached hydrogen (secondary N) is 5. The van der Waals surface area contributed by atoms with Crippen LogP contribution in [-0.4, -0.2) is 87.5 Å². The number of carbonyl (C=O) groups is 6. The van der Waals surface area contributed by atoms with Gasteiger partial charge in [-0.25, -0.2) is 4.79 Å². The molecule has 0 aliphatic rings. The first kappa shape index (κ1) is 39.7. The highest BCUT2D eigenvalue weighted by Gasteiger charge is 2.34. The Morgan fingerprint density at radius 1 is 0.833 bits per heavy atom. The summed E-state index contributed by atoms with van der Waals surface area (Å²) >= 11 is 0. The smallest absolute Gasteiger partial charge is 0.326 e. The van der Waals surface area contributed by atoms with Crippen LogP contribution in [-0.2, 0) is 35.2 Å². The Morgan fingerprint density at radius 3 is 2.06 bits per heavy atom. The monoisotopic (exact) mass is 673 g/mol. The van der Waals surface area contributed by atoms with Crippen LogP contribution in [0, 0.1) is 11.8 Å². The minimum absolute atomic E-state index is 0.0122. The predicted molar refractivity (Wildman–Crippen MR) is 179 cm³/mol. The summed E-state index contributed by atoms with van der Waals surface area (Å²) in [5.74, 6) is -6.15. The summed E-state index contributed by atoms with van der Waals surface area (Å²) in [6, 6.07) is 1.59. The summed E-state index contributed by atoms with van der Waals surface area (Å²) in [4.78, 5) is 79.4. The fraction of sp³-hybridized carbons (Fsp3) is 0.576. The Bertz CT molecular complexity index is 1410. The number of aliphatic carboxylic acids is 2. The first-order valence-corrected chi connectivity index (χ1v) is 16.3. The number of unbranched alkanes of at least 4 members (excludes halogenated alkanes) is 1. The van der Waals surface area contributed by atoms with Gasteiger partial charge in [-0.2, -0.15) is 0 Å². The van der Waals surface area contributed by atoms with Gasteiger partial charge in [0.2, 0.25) is 23.6 Å². The molecule has 2 rings (SSSR count). The molecule has 0 aliphatic heterocycles. The van der Waals surface area contributed by atoms with E-state index in [-0.39, 0.29) is 25.2 Å². The Morgan fingerprint density at radius 2 is 1.46 bits per heavy atom. The van der Waals surface area contributed by atoms with Gasteiger partial charge in [0.05, 0.1) is 12.5 Å². The number of rotatable bonds is 21. The molecule has 6 atom stereocenters. The van der Waals surface area contributed by atoms with Crippen LogP contribution in [0.1, 0.15) is 71.8 Å². The third-order valence-corrected chi connectivity index (χ3v) is 8.16. The number of para-hydroxylation sites is 1. The first-order valence-electron chi connectivity index (χ1n) is 16.3. The van der Waals surface area contributed by atoms with Crippen LogP contribution in [0.3, 0.4) is 0 Å². The van der Waals surface area contributed by atoms with E-state index in [2.05, 4.69) is 26.3 Å². The molecule has 0 spiro atoms. The molecule has 11 N–H and O–H groups in total. The second kappa shape index (κ2) is 19.4. The Kier molecular flexibility index (Phi) is 16.0. The highest BCUT2D eigenvalue weighted by Crippen LogP contribution is 2.19. The van der Waals surface area contributed by atoms with Gasteiger partial charge < -0.3 is 47.9 Å². The van der Waals surface area contributed by atoms with Gasteiger partial charge in [0.15, 0.2) is 0 Å². The van der Waals surface area contributed by atoms with Gasteiger partial charge in [0, 0.05) is 17.1 Å². The van der Waals surface area contributed by atoms with E-state index in [1.165, 1.54) is 0 Å². The third kappa shape index (κ3) is 12.3. The molecule has 1 heterocycles. The molecular weight excluding hydrogens is 622 g/mol. The highest BCUT2D eigenvalue weighted by atomic mass is 16.4. The number of amides is 4. The van der Waals surface area contributed by atoms with Crippen LogP contribution < -0.4 is 32.7 Å². The van der Waals surface area contributed by atoms with Gasteiger partial charge in [-0.3, -0.25) is 24.0 Å². The molecule has 0 saturated carbocycles. The number of hydrogen-bond acceptors (Lipinski definition) is 8. The van der Waals surface area contributed by atoms with Crippen LogP contribution in [0.25, 0.3) is 10.9 Å². The third-order valence-electron chi connectivity index (χ3n) is 8.16. The van der Waals surface area contributed by atoms with Crippen LogP contribution in [0.2, 0.25) is 0 Å². The number of hydrogen-bond donors (Lipinski definition) is 9. The van der Waals surface area contributed by atoms with Gasteiger partial charge in [-0.1, -0.05) is 52.3 Å². The summed E-state index contributed by atoms with van der Waals surface area (Å²) in [5.41, 5.74) is 13.7. The molecule has 4 amide bonds. The number of benzene rings is 1. The normalized spacial score (nSPS) is 15.1. The van der Waals surface area contributed by atoms with Gasteiger partial charge in [0.1, 0.15) is 24.2 Å². The first-order chi connectivity index (χ1) is 22.7. The summed E-state index contributed by atoms with van der Waals surface area (Å²) in [6.45, 7) is 7.56. The average molecular weight is 674 g/mol. The quantitative estimate of drug-likeness (QED) is 0.0840. The van der Waals surface area contributed by atoms with Gasteiger partial charge >= 0.3 is 11.9 Å². The van der Waals surface area contributed by atoms with Crippen LogP contribution >= 0.6 is 0 Å². The van der Waals surface area contributed by atoms with Crippen molar-refractivity contribution in [3.8, 4) is 0 Å². The molecule has 0 radical (unpaired) electrons. The second-order valence-corrected chi connectivity index (χ2v) is 12.6. The van der Waals surface area contributed by atoms with Crippen molar-refractivity contribution in [2.24, 2.45) is 23.3 Å². The van der Waals surface area contributed by atoms with E-state index in [0.717, 1.165) is 16.5 Å². The molecule has 0 saturated heterocycles. The van der Waals surface area contributed by atoms with E-state index >= 15 is 0 Å². The molecule has 15 heteroatoms. The number of carboxylic acids is 2. The Balaban J connectivity index is 2.22. The zero-order chi connectivity index (χ0) is 36.0. The summed E-state index contributed by atoms with van der Waals surface area (Å²) < 4.78 is 0. The maximum atomic E-state index is 13.6. The molecule has 0 fully saturated rings. The number of carboxylic acid groups (broad SMARTS) is 2. The summed E-state index contributed by atoms with van der Waals surface area (Å²) in [6.07, 6.45) is 3.03. The SMILES string of the molecule is CC[C@H](C)[C@H](NC(=O)[C@H](CCCCN)NC(=O)[C@H](CC(C)C)NC(=O)[C@@H](N)Cc1c[nH]c2ccccc12)C(=O)N[C@@H](CC(=O)O)C(=O)O. The Labute approximate surface area is 280 Å². The standard InChI is InChI=1S/C33H51N7O8/c1-5-19(4)28(32(46)39-26(33(47)48)16-27(41)42)40-30(44)24(12-8-9-13-34)37-31(45)25(14-18(2)3)38-29(43)22(35)15-20-17-36-23-11-7-6-10-21(20)23/h6-7,10-11,17-19,22,24-26,28,36H,5,8-9,12-16,34-35H2,1-4H3,(H,37,45)(H,38,43)(H,39,46)(H,40,44)(H,41,42)(H,47,48)/t19-,22-,24-,25-,26-,28-/m0/s1. The molecule has 1 aromatic heterocycles. The molecule has 0 bridgehead atoms. The molecule has 266 valence electrons. The largest absolute Gasteiger partial charge is 0.481 e. The van der Waals surface area contributed by atoms with Crippen LogP contribution in [0.4, 0.5) is 0 Å². The molecule has 0 aliphatic carbocycles. The molecule has 15 nitrogen and oxygen atoms in total. The topological polar surface area (TPSA) is 259 Å². The maximum absolute atomic E-state index is 13.6. The zero-order valence-corrected chi connectivity index (χ0v) is 28.1.